The van der Waals surface area contributed by atoms with E-state index in [0.29, 0.717) is 5.76 Å². The molecule has 3 aromatic rings. The van der Waals surface area contributed by atoms with Crippen molar-refractivity contribution in [3.05, 3.63) is 66.5 Å². The lowest BCUT2D eigenvalue weighted by Gasteiger charge is -2.07. The van der Waals surface area contributed by atoms with E-state index in [0.717, 1.165) is 42.2 Å². The zero-order valence-corrected chi connectivity index (χ0v) is 13.1. The number of nitrogens with zero attached hydrogens (tertiary/aromatic N) is 2. The second-order valence-electron chi connectivity index (χ2n) is 5.73. The van der Waals surface area contributed by atoms with E-state index in [1.54, 1.807) is 24.5 Å². The van der Waals surface area contributed by atoms with Crippen LogP contribution >= 0.6 is 0 Å². The number of imidazole rings is 1. The quantitative estimate of drug-likeness (QED) is 0.745. The fraction of sp³-hybridized carbons (Fsp3) is 0.158. The Kier molecular flexibility index (Phi) is 3.75. The maximum Gasteiger partial charge on any atom is 0.248 e. The number of furan rings is 1. The molecule has 0 bridgehead atoms. The van der Waals surface area contributed by atoms with E-state index >= 15 is 0 Å². The van der Waals surface area contributed by atoms with E-state index in [1.165, 1.54) is 6.08 Å². The number of nitrogens with one attached hydrogen (secondary N) is 1. The first kappa shape index (κ1) is 14.5. The van der Waals surface area contributed by atoms with Gasteiger partial charge in [-0.1, -0.05) is 12.1 Å². The topological polar surface area (TPSA) is 60.1 Å². The van der Waals surface area contributed by atoms with Gasteiger partial charge >= 0.3 is 0 Å². The predicted molar refractivity (Wildman–Crippen MR) is 92.4 cm³/mol. The number of aryl methyl sites for hydroxylation is 1. The van der Waals surface area contributed by atoms with Crippen molar-refractivity contribution >= 4 is 17.7 Å². The molecule has 2 aromatic heterocycles. The highest BCUT2D eigenvalue weighted by Gasteiger charge is 2.16. The van der Waals surface area contributed by atoms with Crippen LogP contribution in [0.2, 0.25) is 0 Å². The Balaban J connectivity index is 1.45. The van der Waals surface area contributed by atoms with Crippen LogP contribution in [0.3, 0.4) is 0 Å². The van der Waals surface area contributed by atoms with Crippen LogP contribution in [0.5, 0.6) is 0 Å². The van der Waals surface area contributed by atoms with Gasteiger partial charge in [0.15, 0.2) is 0 Å². The van der Waals surface area contributed by atoms with Crippen LogP contribution in [0.1, 0.15) is 18.0 Å². The van der Waals surface area contributed by atoms with Crippen LogP contribution in [-0.4, -0.2) is 15.5 Å². The summed E-state index contributed by atoms with van der Waals surface area (Å²) in [7, 11) is 0. The molecule has 0 unspecified atom stereocenters. The molecule has 1 amide bonds. The second-order valence-corrected chi connectivity index (χ2v) is 5.73. The maximum atomic E-state index is 11.9. The number of amides is 1. The van der Waals surface area contributed by atoms with Gasteiger partial charge in [0.25, 0.3) is 0 Å². The van der Waals surface area contributed by atoms with Gasteiger partial charge in [0.05, 0.1) is 18.2 Å². The van der Waals surface area contributed by atoms with Crippen molar-refractivity contribution < 1.29 is 9.21 Å². The van der Waals surface area contributed by atoms with Crippen molar-refractivity contribution in [1.29, 1.82) is 0 Å². The molecule has 1 N–H and O–H groups in total. The minimum Gasteiger partial charge on any atom is -0.465 e. The highest BCUT2D eigenvalue weighted by Crippen LogP contribution is 2.26. The van der Waals surface area contributed by atoms with Gasteiger partial charge in [-0.2, -0.15) is 0 Å². The zero-order chi connectivity index (χ0) is 16.4. The summed E-state index contributed by atoms with van der Waals surface area (Å²) in [6.07, 6.45) is 8.80. The molecular weight excluding hydrogens is 302 g/mol. The third kappa shape index (κ3) is 2.88. The molecule has 0 atom stereocenters. The summed E-state index contributed by atoms with van der Waals surface area (Å²) in [6, 6.07) is 11.4. The Morgan fingerprint density at radius 1 is 1.25 bits per heavy atom. The fourth-order valence-electron chi connectivity index (χ4n) is 2.94. The van der Waals surface area contributed by atoms with E-state index in [2.05, 4.69) is 14.9 Å². The molecule has 1 aliphatic heterocycles. The van der Waals surface area contributed by atoms with E-state index < -0.39 is 0 Å². The van der Waals surface area contributed by atoms with E-state index in [4.69, 9.17) is 4.42 Å². The number of carbonyl (C=O) groups is 1. The number of aromatic nitrogens is 2. The number of rotatable bonds is 4. The van der Waals surface area contributed by atoms with Crippen molar-refractivity contribution in [2.75, 3.05) is 5.32 Å². The number of anilines is 1. The van der Waals surface area contributed by atoms with Crippen LogP contribution in [0, 0.1) is 0 Å². The summed E-state index contributed by atoms with van der Waals surface area (Å²) >= 11 is 0. The van der Waals surface area contributed by atoms with Crippen LogP contribution in [0.4, 0.5) is 5.69 Å². The number of hydrogen-bond donors (Lipinski definition) is 1. The molecule has 120 valence electrons. The first-order valence-corrected chi connectivity index (χ1v) is 7.97. The third-order valence-corrected chi connectivity index (χ3v) is 4.11. The van der Waals surface area contributed by atoms with Crippen molar-refractivity contribution in [2.45, 2.75) is 19.4 Å². The molecule has 5 heteroatoms. The van der Waals surface area contributed by atoms with Crippen LogP contribution in [0.15, 0.2) is 59.4 Å². The van der Waals surface area contributed by atoms with Crippen LogP contribution in [-0.2, 0) is 17.8 Å². The zero-order valence-electron chi connectivity index (χ0n) is 13.1. The Morgan fingerprint density at radius 2 is 2.12 bits per heavy atom. The van der Waals surface area contributed by atoms with Gasteiger partial charge in [-0.15, -0.1) is 0 Å². The minimum absolute atomic E-state index is 0.190. The lowest BCUT2D eigenvalue weighted by molar-refractivity contribution is -0.111. The summed E-state index contributed by atoms with van der Waals surface area (Å²) in [5, 5.41) is 2.84. The highest BCUT2D eigenvalue weighted by atomic mass is 16.3. The third-order valence-electron chi connectivity index (χ3n) is 4.11. The van der Waals surface area contributed by atoms with Crippen molar-refractivity contribution in [2.24, 2.45) is 0 Å². The normalized spacial score (nSPS) is 13.3. The Morgan fingerprint density at radius 3 is 2.92 bits per heavy atom. The fourth-order valence-corrected chi connectivity index (χ4v) is 2.94. The number of carbonyl (C=O) groups excluding carboxylic acids is 1. The molecule has 0 saturated carbocycles. The lowest BCUT2D eigenvalue weighted by Crippen LogP contribution is -2.07. The standard InChI is InChI=1S/C19H17N3O2/c23-19(10-9-16-3-2-12-24-16)21-15-7-5-14(6-8-15)17-13-20-18-4-1-11-22(17)18/h2-3,5-10,12-13H,1,4,11H2,(H,21,23)/b10-9+. The number of fused-ring (bicyclic) bond motifs is 1. The molecule has 5 nitrogen and oxygen atoms in total. The van der Waals surface area contributed by atoms with Crippen molar-refractivity contribution in [1.82, 2.24) is 9.55 Å². The molecule has 24 heavy (non-hydrogen) atoms. The first-order valence-electron chi connectivity index (χ1n) is 7.97. The molecule has 0 aliphatic carbocycles. The average Bonchev–Trinajstić information content (AvgIpc) is 3.32. The SMILES string of the molecule is O=C(/C=C/c1ccco1)Nc1ccc(-c2cnc3n2CCC3)cc1. The molecule has 0 radical (unpaired) electrons. The lowest BCUT2D eigenvalue weighted by atomic mass is 10.1. The van der Waals surface area contributed by atoms with Crippen LogP contribution in [0.25, 0.3) is 17.3 Å². The van der Waals surface area contributed by atoms with Gasteiger partial charge in [-0.3, -0.25) is 4.79 Å². The maximum absolute atomic E-state index is 11.9. The molecule has 1 aromatic carbocycles. The van der Waals surface area contributed by atoms with Gasteiger partial charge in [0.1, 0.15) is 11.6 Å². The molecule has 0 spiro atoms. The predicted octanol–water partition coefficient (Wildman–Crippen LogP) is 3.74. The Hall–Kier alpha value is -3.08. The molecule has 4 rings (SSSR count). The smallest absolute Gasteiger partial charge is 0.248 e. The molecular formula is C19H17N3O2. The van der Waals surface area contributed by atoms with Gasteiger partial charge in [-0.25, -0.2) is 4.98 Å². The van der Waals surface area contributed by atoms with Gasteiger partial charge in [0.2, 0.25) is 5.91 Å². The second kappa shape index (κ2) is 6.20. The number of benzene rings is 1. The van der Waals surface area contributed by atoms with Crippen molar-refractivity contribution in [3.8, 4) is 11.3 Å². The monoisotopic (exact) mass is 319 g/mol. The average molecular weight is 319 g/mol. The van der Waals surface area contributed by atoms with Gasteiger partial charge < -0.3 is 14.3 Å². The van der Waals surface area contributed by atoms with Gasteiger partial charge in [0, 0.05) is 24.7 Å². The van der Waals surface area contributed by atoms with Crippen LogP contribution < -0.4 is 5.32 Å². The minimum atomic E-state index is -0.190. The van der Waals surface area contributed by atoms with E-state index in [-0.39, 0.29) is 5.91 Å². The highest BCUT2D eigenvalue weighted by molar-refractivity contribution is 6.01. The molecule has 0 fully saturated rings. The molecule has 3 heterocycles. The largest absolute Gasteiger partial charge is 0.465 e. The summed E-state index contributed by atoms with van der Waals surface area (Å²) in [5.74, 6) is 1.62. The molecule has 0 saturated heterocycles. The number of hydrogen-bond acceptors (Lipinski definition) is 3. The summed E-state index contributed by atoms with van der Waals surface area (Å²) in [6.45, 7) is 1.03. The summed E-state index contributed by atoms with van der Waals surface area (Å²) < 4.78 is 7.42. The summed E-state index contributed by atoms with van der Waals surface area (Å²) in [5.41, 5.74) is 3.01. The van der Waals surface area contributed by atoms with E-state index in [1.807, 2.05) is 30.5 Å². The first-order chi connectivity index (χ1) is 11.8. The Bertz CT molecular complexity index is 874. The van der Waals surface area contributed by atoms with Crippen molar-refractivity contribution in [3.63, 3.8) is 0 Å². The summed E-state index contributed by atoms with van der Waals surface area (Å²) in [4.78, 5) is 16.4. The van der Waals surface area contributed by atoms with Gasteiger partial charge in [-0.05, 0) is 42.3 Å². The van der Waals surface area contributed by atoms with E-state index in [9.17, 15) is 4.79 Å². The molecule has 1 aliphatic rings. The Labute approximate surface area is 139 Å².